The molecular weight excluding hydrogens is 244 g/mol. The summed E-state index contributed by atoms with van der Waals surface area (Å²) in [4.78, 5) is 0. The molecule has 1 N–H and O–H groups in total. The van der Waals surface area contributed by atoms with Crippen LogP contribution in [0.2, 0.25) is 0 Å². The molecule has 2 rings (SSSR count). The molecule has 0 bridgehead atoms. The Balaban J connectivity index is 2.17. The van der Waals surface area contributed by atoms with Crippen molar-refractivity contribution in [1.29, 1.82) is 0 Å². The summed E-state index contributed by atoms with van der Waals surface area (Å²) < 4.78 is 0. The number of rotatable bonds is 2. The average molecular weight is 274 g/mol. The van der Waals surface area contributed by atoms with Crippen LogP contribution in [-0.4, -0.2) is 10.7 Å². The Kier molecular flexibility index (Phi) is 4.03. The van der Waals surface area contributed by atoms with E-state index < -0.39 is 5.60 Å². The van der Waals surface area contributed by atoms with Crippen LogP contribution < -0.4 is 0 Å². The van der Waals surface area contributed by atoms with Gasteiger partial charge in [0.25, 0.3) is 0 Å². The maximum Gasteiger partial charge on any atom is 0.0738 e. The van der Waals surface area contributed by atoms with Crippen LogP contribution in [0.4, 0.5) is 0 Å². The number of hydrogen-bond donors (Lipinski definition) is 1. The molecule has 0 saturated heterocycles. The second-order valence-electron chi connectivity index (χ2n) is 8.25. The summed E-state index contributed by atoms with van der Waals surface area (Å²) >= 11 is 0. The van der Waals surface area contributed by atoms with E-state index in [4.69, 9.17) is 0 Å². The van der Waals surface area contributed by atoms with Crippen molar-refractivity contribution in [2.24, 2.45) is 5.41 Å². The minimum Gasteiger partial charge on any atom is -0.389 e. The van der Waals surface area contributed by atoms with E-state index in [9.17, 15) is 5.11 Å². The van der Waals surface area contributed by atoms with Gasteiger partial charge in [-0.15, -0.1) is 0 Å². The first-order valence-corrected chi connectivity index (χ1v) is 7.96. The third-order valence-corrected chi connectivity index (χ3v) is 5.22. The standard InChI is InChI=1S/C19H30O/c1-17(2,3)16-10-8-15(9-11-16)14-19(20)13-7-6-12-18(19,4)5/h8-11,20H,6-7,12-14H2,1-5H3. The number of aliphatic hydroxyl groups is 1. The molecule has 0 spiro atoms. The van der Waals surface area contributed by atoms with Gasteiger partial charge in [-0.2, -0.15) is 0 Å². The van der Waals surface area contributed by atoms with Crippen LogP contribution in [0.1, 0.15) is 71.4 Å². The fraction of sp³-hybridized carbons (Fsp3) is 0.684. The molecule has 1 aliphatic rings. The molecule has 1 atom stereocenters. The average Bonchev–Trinajstić information content (AvgIpc) is 2.33. The van der Waals surface area contributed by atoms with Gasteiger partial charge in [0.15, 0.2) is 0 Å². The maximum absolute atomic E-state index is 11.1. The summed E-state index contributed by atoms with van der Waals surface area (Å²) in [6, 6.07) is 8.83. The van der Waals surface area contributed by atoms with Crippen LogP contribution in [0.5, 0.6) is 0 Å². The minimum absolute atomic E-state index is 0.0218. The Bertz CT molecular complexity index is 450. The van der Waals surface area contributed by atoms with Gasteiger partial charge in [-0.05, 0) is 34.8 Å². The van der Waals surface area contributed by atoms with Gasteiger partial charge in [0, 0.05) is 6.42 Å². The molecular formula is C19H30O. The lowest BCUT2D eigenvalue weighted by atomic mass is 9.63. The normalized spacial score (nSPS) is 26.5. The first-order valence-electron chi connectivity index (χ1n) is 7.96. The first-order chi connectivity index (χ1) is 9.14. The summed E-state index contributed by atoms with van der Waals surface area (Å²) in [5, 5.41) is 11.1. The topological polar surface area (TPSA) is 20.2 Å². The summed E-state index contributed by atoms with van der Waals surface area (Å²) in [6.45, 7) is 11.1. The van der Waals surface area contributed by atoms with Crippen LogP contribution in [0, 0.1) is 5.41 Å². The monoisotopic (exact) mass is 274 g/mol. The molecule has 1 aromatic carbocycles. The number of hydrogen-bond acceptors (Lipinski definition) is 1. The van der Waals surface area contributed by atoms with Gasteiger partial charge >= 0.3 is 0 Å². The van der Waals surface area contributed by atoms with Crippen LogP contribution in [0.15, 0.2) is 24.3 Å². The lowest BCUT2D eigenvalue weighted by molar-refractivity contribution is -0.0958. The number of benzene rings is 1. The molecule has 1 aromatic rings. The van der Waals surface area contributed by atoms with E-state index in [0.29, 0.717) is 0 Å². The maximum atomic E-state index is 11.1. The molecule has 20 heavy (non-hydrogen) atoms. The molecule has 0 aliphatic heterocycles. The van der Waals surface area contributed by atoms with E-state index in [-0.39, 0.29) is 10.8 Å². The lowest BCUT2D eigenvalue weighted by Gasteiger charge is -2.46. The zero-order chi connectivity index (χ0) is 15.0. The highest BCUT2D eigenvalue weighted by Gasteiger charge is 2.44. The zero-order valence-electron chi connectivity index (χ0n) is 13.8. The lowest BCUT2D eigenvalue weighted by Crippen LogP contribution is -2.48. The SMILES string of the molecule is CC(C)(C)c1ccc(CC2(O)CCCCC2(C)C)cc1. The second-order valence-corrected chi connectivity index (χ2v) is 8.25. The van der Waals surface area contributed by atoms with E-state index in [1.165, 1.54) is 17.5 Å². The Morgan fingerprint density at radius 2 is 1.55 bits per heavy atom. The second kappa shape index (κ2) is 5.18. The largest absolute Gasteiger partial charge is 0.389 e. The summed E-state index contributed by atoms with van der Waals surface area (Å²) in [5.41, 5.74) is 2.29. The predicted octanol–water partition coefficient (Wildman–Crippen LogP) is 4.86. The Labute approximate surface area is 124 Å². The van der Waals surface area contributed by atoms with Crippen LogP contribution in [0.25, 0.3) is 0 Å². The minimum atomic E-state index is -0.547. The fourth-order valence-electron chi connectivity index (χ4n) is 3.34. The third kappa shape index (κ3) is 3.09. The molecule has 1 nitrogen and oxygen atoms in total. The molecule has 0 amide bonds. The molecule has 1 aliphatic carbocycles. The molecule has 1 unspecified atom stereocenters. The third-order valence-electron chi connectivity index (χ3n) is 5.22. The van der Waals surface area contributed by atoms with Gasteiger partial charge in [0.05, 0.1) is 5.60 Å². The van der Waals surface area contributed by atoms with E-state index in [0.717, 1.165) is 25.7 Å². The summed E-state index contributed by atoms with van der Waals surface area (Å²) in [6.07, 6.45) is 5.24. The predicted molar refractivity (Wildman–Crippen MR) is 86.0 cm³/mol. The van der Waals surface area contributed by atoms with Gasteiger partial charge in [-0.1, -0.05) is 71.7 Å². The zero-order valence-corrected chi connectivity index (χ0v) is 13.8. The highest BCUT2D eigenvalue weighted by Crippen LogP contribution is 2.45. The van der Waals surface area contributed by atoms with Crippen molar-refractivity contribution in [2.45, 2.75) is 77.7 Å². The molecule has 0 radical (unpaired) electrons. The highest BCUT2D eigenvalue weighted by atomic mass is 16.3. The van der Waals surface area contributed by atoms with Gasteiger partial charge < -0.3 is 5.11 Å². The Hall–Kier alpha value is -0.820. The van der Waals surface area contributed by atoms with Crippen LogP contribution in [0.3, 0.4) is 0 Å². The van der Waals surface area contributed by atoms with E-state index >= 15 is 0 Å². The van der Waals surface area contributed by atoms with Crippen LogP contribution >= 0.6 is 0 Å². The van der Waals surface area contributed by atoms with Gasteiger partial charge in [0.2, 0.25) is 0 Å². The summed E-state index contributed by atoms with van der Waals surface area (Å²) in [5.74, 6) is 0. The van der Waals surface area contributed by atoms with Crippen LogP contribution in [-0.2, 0) is 11.8 Å². The Morgan fingerprint density at radius 3 is 2.05 bits per heavy atom. The molecule has 1 heteroatoms. The summed E-state index contributed by atoms with van der Waals surface area (Å²) in [7, 11) is 0. The van der Waals surface area contributed by atoms with Gasteiger partial charge in [-0.25, -0.2) is 0 Å². The Morgan fingerprint density at radius 1 is 1.00 bits per heavy atom. The fourth-order valence-corrected chi connectivity index (χ4v) is 3.34. The van der Waals surface area contributed by atoms with Crippen molar-refractivity contribution in [3.63, 3.8) is 0 Å². The van der Waals surface area contributed by atoms with E-state index in [1.54, 1.807) is 0 Å². The highest BCUT2D eigenvalue weighted by molar-refractivity contribution is 5.28. The van der Waals surface area contributed by atoms with Crippen molar-refractivity contribution in [1.82, 2.24) is 0 Å². The molecule has 0 aromatic heterocycles. The van der Waals surface area contributed by atoms with Crippen molar-refractivity contribution in [2.75, 3.05) is 0 Å². The van der Waals surface area contributed by atoms with Crippen molar-refractivity contribution in [3.8, 4) is 0 Å². The van der Waals surface area contributed by atoms with Crippen molar-refractivity contribution in [3.05, 3.63) is 35.4 Å². The van der Waals surface area contributed by atoms with Gasteiger partial charge in [0.1, 0.15) is 0 Å². The quantitative estimate of drug-likeness (QED) is 0.816. The van der Waals surface area contributed by atoms with E-state index in [1.807, 2.05) is 0 Å². The van der Waals surface area contributed by atoms with E-state index in [2.05, 4.69) is 58.9 Å². The van der Waals surface area contributed by atoms with Gasteiger partial charge in [-0.3, -0.25) is 0 Å². The van der Waals surface area contributed by atoms with Crippen molar-refractivity contribution < 1.29 is 5.11 Å². The molecule has 1 fully saturated rings. The molecule has 1 saturated carbocycles. The molecule has 0 heterocycles. The molecule has 112 valence electrons. The van der Waals surface area contributed by atoms with Crippen molar-refractivity contribution >= 4 is 0 Å². The first kappa shape index (κ1) is 15.6. The smallest absolute Gasteiger partial charge is 0.0738 e.